The predicted octanol–water partition coefficient (Wildman–Crippen LogP) is 2.20. The van der Waals surface area contributed by atoms with Crippen LogP contribution in [0, 0.1) is 5.92 Å². The minimum Gasteiger partial charge on any atom is -0.508 e. The monoisotopic (exact) mass is 222 g/mol. The number of hydrogen-bond donors (Lipinski definition) is 2. The first-order chi connectivity index (χ1) is 7.63. The summed E-state index contributed by atoms with van der Waals surface area (Å²) in [5, 5.41) is 9.45. The van der Waals surface area contributed by atoms with Crippen molar-refractivity contribution in [2.45, 2.75) is 20.3 Å². The van der Waals surface area contributed by atoms with Gasteiger partial charge in [-0.15, -0.1) is 0 Å². The fourth-order valence-corrected chi connectivity index (χ4v) is 1.63. The number of nitrogens with two attached hydrogens (primary N) is 1. The quantitative estimate of drug-likeness (QED) is 0.776. The van der Waals surface area contributed by atoms with Crippen LogP contribution in [-0.2, 0) is 0 Å². The van der Waals surface area contributed by atoms with Crippen molar-refractivity contribution in [3.63, 3.8) is 0 Å². The third-order valence-electron chi connectivity index (χ3n) is 2.57. The molecule has 0 amide bonds. The Hall–Kier alpha value is -1.22. The van der Waals surface area contributed by atoms with E-state index < -0.39 is 0 Å². The Morgan fingerprint density at radius 3 is 2.62 bits per heavy atom. The number of anilines is 1. The van der Waals surface area contributed by atoms with E-state index >= 15 is 0 Å². The number of benzene rings is 1. The molecule has 3 heteroatoms. The fourth-order valence-electron chi connectivity index (χ4n) is 1.63. The molecule has 1 rings (SSSR count). The number of aromatic hydroxyl groups is 1. The molecule has 0 aliphatic carbocycles. The van der Waals surface area contributed by atoms with E-state index in [0.717, 1.165) is 25.2 Å². The summed E-state index contributed by atoms with van der Waals surface area (Å²) < 4.78 is 0. The van der Waals surface area contributed by atoms with Gasteiger partial charge in [0.25, 0.3) is 0 Å². The molecule has 0 saturated carbocycles. The minimum atomic E-state index is 0.309. The van der Waals surface area contributed by atoms with Gasteiger partial charge in [0.15, 0.2) is 0 Å². The molecule has 0 heterocycles. The lowest BCUT2D eigenvalue weighted by molar-refractivity contribution is 0.475. The van der Waals surface area contributed by atoms with Crippen molar-refractivity contribution >= 4 is 5.69 Å². The molecule has 0 radical (unpaired) electrons. The van der Waals surface area contributed by atoms with Gasteiger partial charge in [-0.1, -0.05) is 19.9 Å². The topological polar surface area (TPSA) is 49.5 Å². The summed E-state index contributed by atoms with van der Waals surface area (Å²) in [7, 11) is 0. The van der Waals surface area contributed by atoms with Crippen LogP contribution in [-0.4, -0.2) is 24.7 Å². The van der Waals surface area contributed by atoms with E-state index in [9.17, 15) is 5.11 Å². The summed E-state index contributed by atoms with van der Waals surface area (Å²) in [6.45, 7) is 6.87. The smallest absolute Gasteiger partial charge is 0.117 e. The van der Waals surface area contributed by atoms with Gasteiger partial charge in [0.1, 0.15) is 5.75 Å². The Balaban J connectivity index is 2.68. The Morgan fingerprint density at radius 1 is 1.31 bits per heavy atom. The summed E-state index contributed by atoms with van der Waals surface area (Å²) in [5.74, 6) is 0.988. The van der Waals surface area contributed by atoms with Gasteiger partial charge in [-0.3, -0.25) is 0 Å². The standard InChI is InChI=1S/C13H22N2O/c1-11(2)6-8-15(9-7-14)12-4-3-5-13(16)10-12/h3-5,10-11,16H,6-9,14H2,1-2H3. The van der Waals surface area contributed by atoms with E-state index in [1.165, 1.54) is 0 Å². The molecule has 3 N–H and O–H groups in total. The number of phenolic OH excluding ortho intramolecular Hbond substituents is 1. The zero-order chi connectivity index (χ0) is 12.0. The van der Waals surface area contributed by atoms with Crippen LogP contribution < -0.4 is 10.6 Å². The van der Waals surface area contributed by atoms with Crippen molar-refractivity contribution in [3.05, 3.63) is 24.3 Å². The fraction of sp³-hybridized carbons (Fsp3) is 0.538. The van der Waals surface area contributed by atoms with Gasteiger partial charge < -0.3 is 15.7 Å². The normalized spacial score (nSPS) is 10.8. The van der Waals surface area contributed by atoms with E-state index in [2.05, 4.69) is 18.7 Å². The van der Waals surface area contributed by atoms with Crippen LogP contribution in [0.2, 0.25) is 0 Å². The van der Waals surface area contributed by atoms with Crippen LogP contribution in [0.15, 0.2) is 24.3 Å². The molecule has 90 valence electrons. The van der Waals surface area contributed by atoms with Crippen LogP contribution in [0.25, 0.3) is 0 Å². The van der Waals surface area contributed by atoms with Crippen LogP contribution in [0.1, 0.15) is 20.3 Å². The SMILES string of the molecule is CC(C)CCN(CCN)c1cccc(O)c1. The summed E-state index contributed by atoms with van der Waals surface area (Å²) in [4.78, 5) is 2.22. The lowest BCUT2D eigenvalue weighted by Gasteiger charge is -2.25. The van der Waals surface area contributed by atoms with Gasteiger partial charge in [0.2, 0.25) is 0 Å². The summed E-state index contributed by atoms with van der Waals surface area (Å²) in [6, 6.07) is 7.35. The molecule has 3 nitrogen and oxygen atoms in total. The average Bonchev–Trinajstić information content (AvgIpc) is 2.24. The van der Waals surface area contributed by atoms with E-state index in [1.54, 1.807) is 12.1 Å². The van der Waals surface area contributed by atoms with E-state index in [-0.39, 0.29) is 0 Å². The predicted molar refractivity (Wildman–Crippen MR) is 68.8 cm³/mol. The largest absolute Gasteiger partial charge is 0.508 e. The Morgan fingerprint density at radius 2 is 2.06 bits per heavy atom. The third-order valence-corrected chi connectivity index (χ3v) is 2.57. The van der Waals surface area contributed by atoms with Crippen molar-refractivity contribution in [1.29, 1.82) is 0 Å². The van der Waals surface area contributed by atoms with E-state index in [4.69, 9.17) is 5.73 Å². The van der Waals surface area contributed by atoms with Crippen molar-refractivity contribution in [2.24, 2.45) is 11.7 Å². The average molecular weight is 222 g/mol. The molecule has 1 aromatic carbocycles. The minimum absolute atomic E-state index is 0.309. The van der Waals surface area contributed by atoms with Gasteiger partial charge >= 0.3 is 0 Å². The van der Waals surface area contributed by atoms with Crippen LogP contribution in [0.5, 0.6) is 5.75 Å². The molecular formula is C13H22N2O. The van der Waals surface area contributed by atoms with Crippen LogP contribution in [0.3, 0.4) is 0 Å². The maximum atomic E-state index is 9.45. The third kappa shape index (κ3) is 4.11. The second kappa shape index (κ2) is 6.38. The van der Waals surface area contributed by atoms with E-state index in [1.807, 2.05) is 12.1 Å². The Labute approximate surface area is 97.9 Å². The van der Waals surface area contributed by atoms with Crippen molar-refractivity contribution in [3.8, 4) is 5.75 Å². The molecule has 0 bridgehead atoms. The first-order valence-corrected chi connectivity index (χ1v) is 5.87. The second-order valence-electron chi connectivity index (χ2n) is 4.48. The maximum Gasteiger partial charge on any atom is 0.117 e. The highest BCUT2D eigenvalue weighted by molar-refractivity contribution is 5.50. The zero-order valence-corrected chi connectivity index (χ0v) is 10.2. The molecule has 0 fully saturated rings. The lowest BCUT2D eigenvalue weighted by Crippen LogP contribution is -2.30. The van der Waals surface area contributed by atoms with Gasteiger partial charge in [0, 0.05) is 31.4 Å². The highest BCUT2D eigenvalue weighted by Crippen LogP contribution is 2.20. The number of hydrogen-bond acceptors (Lipinski definition) is 3. The van der Waals surface area contributed by atoms with Crippen molar-refractivity contribution in [2.75, 3.05) is 24.5 Å². The first-order valence-electron chi connectivity index (χ1n) is 5.87. The second-order valence-corrected chi connectivity index (χ2v) is 4.48. The summed E-state index contributed by atoms with van der Waals surface area (Å²) in [5.41, 5.74) is 6.65. The number of rotatable bonds is 6. The molecule has 0 aliphatic rings. The molecule has 0 unspecified atom stereocenters. The molecule has 0 aliphatic heterocycles. The summed E-state index contributed by atoms with van der Waals surface area (Å²) in [6.07, 6.45) is 1.13. The highest BCUT2D eigenvalue weighted by atomic mass is 16.3. The van der Waals surface area contributed by atoms with Crippen molar-refractivity contribution < 1.29 is 5.11 Å². The zero-order valence-electron chi connectivity index (χ0n) is 10.2. The molecular weight excluding hydrogens is 200 g/mol. The van der Waals surface area contributed by atoms with Crippen LogP contribution >= 0.6 is 0 Å². The molecule has 1 aromatic rings. The first kappa shape index (κ1) is 12.8. The lowest BCUT2D eigenvalue weighted by atomic mass is 10.1. The molecule has 0 aromatic heterocycles. The maximum absolute atomic E-state index is 9.45. The van der Waals surface area contributed by atoms with Gasteiger partial charge in [-0.2, -0.15) is 0 Å². The molecule has 0 saturated heterocycles. The van der Waals surface area contributed by atoms with Gasteiger partial charge in [0.05, 0.1) is 0 Å². The number of nitrogens with zero attached hydrogens (tertiary/aromatic N) is 1. The molecule has 0 spiro atoms. The van der Waals surface area contributed by atoms with Gasteiger partial charge in [-0.05, 0) is 24.5 Å². The van der Waals surface area contributed by atoms with Crippen LogP contribution in [0.4, 0.5) is 5.69 Å². The Kier molecular flexibility index (Phi) is 5.12. The van der Waals surface area contributed by atoms with Gasteiger partial charge in [-0.25, -0.2) is 0 Å². The summed E-state index contributed by atoms with van der Waals surface area (Å²) >= 11 is 0. The van der Waals surface area contributed by atoms with Crippen molar-refractivity contribution in [1.82, 2.24) is 0 Å². The number of phenols is 1. The van der Waals surface area contributed by atoms with E-state index in [0.29, 0.717) is 18.2 Å². The highest BCUT2D eigenvalue weighted by Gasteiger charge is 2.06. The molecule has 0 atom stereocenters. The molecule has 16 heavy (non-hydrogen) atoms. The Bertz CT molecular complexity index is 313.